The largest absolute Gasteiger partial charge is 0.355 e. The van der Waals surface area contributed by atoms with Crippen molar-refractivity contribution in [2.75, 3.05) is 5.32 Å². The van der Waals surface area contributed by atoms with Crippen LogP contribution >= 0.6 is 0 Å². The first-order chi connectivity index (χ1) is 11.2. The van der Waals surface area contributed by atoms with Crippen LogP contribution in [0.15, 0.2) is 60.7 Å². The number of hydrogen-bond donors (Lipinski definition) is 1. The van der Waals surface area contributed by atoms with Crippen LogP contribution in [-0.2, 0) is 11.8 Å². The molecule has 0 aromatic heterocycles. The summed E-state index contributed by atoms with van der Waals surface area (Å²) in [4.78, 5) is 0. The van der Waals surface area contributed by atoms with Gasteiger partial charge in [0.05, 0.1) is 0 Å². The van der Waals surface area contributed by atoms with Gasteiger partial charge < -0.3 is 5.32 Å². The first-order valence-electron chi connectivity index (χ1n) is 8.27. The Hall–Kier alpha value is -2.54. The van der Waals surface area contributed by atoms with Crippen molar-refractivity contribution in [2.45, 2.75) is 25.7 Å². The summed E-state index contributed by atoms with van der Waals surface area (Å²) in [5, 5.41) is 3.66. The quantitative estimate of drug-likeness (QED) is 0.443. The Morgan fingerprint density at radius 1 is 0.783 bits per heavy atom. The van der Waals surface area contributed by atoms with Crippen molar-refractivity contribution in [3.63, 3.8) is 0 Å². The number of rotatable bonds is 0. The minimum Gasteiger partial charge on any atom is -0.355 e. The van der Waals surface area contributed by atoms with Crippen molar-refractivity contribution < 1.29 is 0 Å². The summed E-state index contributed by atoms with van der Waals surface area (Å²) < 4.78 is 0. The predicted molar refractivity (Wildman–Crippen MR) is 96.5 cm³/mol. The molecule has 2 aliphatic rings. The topological polar surface area (TPSA) is 12.0 Å². The SMILES string of the molecule is CC1(C)c2ccccc2Nc2ccc3c(c21)-c1ccccc1C3. The minimum atomic E-state index is -0.0000283. The third-order valence-corrected chi connectivity index (χ3v) is 5.45. The maximum atomic E-state index is 3.66. The molecule has 0 radical (unpaired) electrons. The van der Waals surface area contributed by atoms with Crippen LogP contribution in [0.5, 0.6) is 0 Å². The number of nitrogens with one attached hydrogen (secondary N) is 1. The van der Waals surface area contributed by atoms with Gasteiger partial charge in [-0.25, -0.2) is 0 Å². The van der Waals surface area contributed by atoms with Crippen molar-refractivity contribution >= 4 is 11.4 Å². The lowest BCUT2D eigenvalue weighted by atomic mass is 9.71. The molecule has 1 aliphatic carbocycles. The second kappa shape index (κ2) is 4.26. The summed E-state index contributed by atoms with van der Waals surface area (Å²) >= 11 is 0. The maximum absolute atomic E-state index is 3.66. The van der Waals surface area contributed by atoms with E-state index in [1.165, 1.54) is 44.8 Å². The van der Waals surface area contributed by atoms with Crippen LogP contribution in [0.4, 0.5) is 11.4 Å². The van der Waals surface area contributed by atoms with Gasteiger partial charge in [0.15, 0.2) is 0 Å². The molecule has 0 amide bonds. The average molecular weight is 297 g/mol. The van der Waals surface area contributed by atoms with Crippen molar-refractivity contribution in [2.24, 2.45) is 0 Å². The molecule has 0 bridgehead atoms. The number of anilines is 2. The molecule has 3 aromatic carbocycles. The second-order valence-electron chi connectivity index (χ2n) is 7.15. The van der Waals surface area contributed by atoms with E-state index in [-0.39, 0.29) is 5.41 Å². The van der Waals surface area contributed by atoms with E-state index in [9.17, 15) is 0 Å². The van der Waals surface area contributed by atoms with Crippen LogP contribution in [0.2, 0.25) is 0 Å². The molecule has 1 nitrogen and oxygen atoms in total. The molecule has 0 saturated carbocycles. The summed E-state index contributed by atoms with van der Waals surface area (Å²) in [6.45, 7) is 4.71. The highest BCUT2D eigenvalue weighted by Gasteiger charge is 2.37. The molecule has 1 heteroatoms. The number of para-hydroxylation sites is 1. The normalized spacial score (nSPS) is 15.9. The van der Waals surface area contributed by atoms with Crippen LogP contribution in [0.1, 0.15) is 36.1 Å². The molecule has 0 spiro atoms. The highest BCUT2D eigenvalue weighted by molar-refractivity contribution is 5.89. The summed E-state index contributed by atoms with van der Waals surface area (Å²) in [5.74, 6) is 0. The molecular weight excluding hydrogens is 278 g/mol. The highest BCUT2D eigenvalue weighted by atomic mass is 14.9. The van der Waals surface area contributed by atoms with Crippen LogP contribution in [-0.4, -0.2) is 0 Å². The van der Waals surface area contributed by atoms with E-state index in [1.54, 1.807) is 0 Å². The molecule has 1 aliphatic heterocycles. The molecule has 5 rings (SSSR count). The number of fused-ring (bicyclic) bond motifs is 6. The molecule has 1 N–H and O–H groups in total. The van der Waals surface area contributed by atoms with Gasteiger partial charge in [-0.05, 0) is 51.9 Å². The van der Waals surface area contributed by atoms with Gasteiger partial charge in [0.2, 0.25) is 0 Å². The van der Waals surface area contributed by atoms with Gasteiger partial charge in [-0.15, -0.1) is 0 Å². The van der Waals surface area contributed by atoms with Gasteiger partial charge in [-0.1, -0.05) is 62.4 Å². The van der Waals surface area contributed by atoms with E-state index >= 15 is 0 Å². The molecule has 23 heavy (non-hydrogen) atoms. The van der Waals surface area contributed by atoms with E-state index < -0.39 is 0 Å². The van der Waals surface area contributed by atoms with Gasteiger partial charge in [-0.3, -0.25) is 0 Å². The van der Waals surface area contributed by atoms with E-state index in [1.807, 2.05) is 0 Å². The molecule has 1 heterocycles. The zero-order valence-electron chi connectivity index (χ0n) is 13.5. The molecule has 0 atom stereocenters. The molecule has 112 valence electrons. The molecule has 0 saturated heterocycles. The van der Waals surface area contributed by atoms with Crippen molar-refractivity contribution in [1.82, 2.24) is 0 Å². The minimum absolute atomic E-state index is 0.0000283. The molecule has 0 fully saturated rings. The Labute approximate surface area is 137 Å². The van der Waals surface area contributed by atoms with Crippen LogP contribution in [0, 0.1) is 0 Å². The third kappa shape index (κ3) is 1.62. The maximum Gasteiger partial charge on any atom is 0.0432 e. The average Bonchev–Trinajstić information content (AvgIpc) is 2.93. The van der Waals surface area contributed by atoms with E-state index in [0.717, 1.165) is 6.42 Å². The number of hydrogen-bond acceptors (Lipinski definition) is 1. The fourth-order valence-electron chi connectivity index (χ4n) is 4.39. The predicted octanol–water partition coefficient (Wildman–Crippen LogP) is 5.64. The Morgan fingerprint density at radius 2 is 1.57 bits per heavy atom. The van der Waals surface area contributed by atoms with Gasteiger partial charge in [0, 0.05) is 16.8 Å². The van der Waals surface area contributed by atoms with Crippen molar-refractivity contribution in [3.05, 3.63) is 82.9 Å². The van der Waals surface area contributed by atoms with Crippen LogP contribution in [0.3, 0.4) is 0 Å². The van der Waals surface area contributed by atoms with Crippen LogP contribution in [0.25, 0.3) is 11.1 Å². The van der Waals surface area contributed by atoms with Crippen molar-refractivity contribution in [1.29, 1.82) is 0 Å². The molecular formula is C22H19N. The van der Waals surface area contributed by atoms with Crippen LogP contribution < -0.4 is 5.32 Å². The zero-order valence-corrected chi connectivity index (χ0v) is 13.5. The standard InChI is InChI=1S/C22H19N/c1-22(2)17-9-5-6-10-18(17)23-19-12-11-15-13-14-7-3-4-8-16(14)20(15)21(19)22/h3-12,23H,13H2,1-2H3. The zero-order chi connectivity index (χ0) is 15.6. The van der Waals surface area contributed by atoms with Gasteiger partial charge in [0.1, 0.15) is 0 Å². The molecule has 3 aromatic rings. The van der Waals surface area contributed by atoms with E-state index in [2.05, 4.69) is 79.8 Å². The fourth-order valence-corrected chi connectivity index (χ4v) is 4.39. The Balaban J connectivity index is 1.85. The lowest BCUT2D eigenvalue weighted by Gasteiger charge is -2.37. The van der Waals surface area contributed by atoms with Gasteiger partial charge in [0.25, 0.3) is 0 Å². The first kappa shape index (κ1) is 13.0. The van der Waals surface area contributed by atoms with Gasteiger partial charge in [-0.2, -0.15) is 0 Å². The first-order valence-corrected chi connectivity index (χ1v) is 8.27. The smallest absolute Gasteiger partial charge is 0.0432 e. The monoisotopic (exact) mass is 297 g/mol. The van der Waals surface area contributed by atoms with E-state index in [0.29, 0.717) is 0 Å². The van der Waals surface area contributed by atoms with E-state index in [4.69, 9.17) is 0 Å². The lowest BCUT2D eigenvalue weighted by Crippen LogP contribution is -2.27. The summed E-state index contributed by atoms with van der Waals surface area (Å²) in [7, 11) is 0. The Bertz CT molecular complexity index is 950. The third-order valence-electron chi connectivity index (χ3n) is 5.45. The Morgan fingerprint density at radius 3 is 2.48 bits per heavy atom. The summed E-state index contributed by atoms with van der Waals surface area (Å²) in [5.41, 5.74) is 11.1. The summed E-state index contributed by atoms with van der Waals surface area (Å²) in [6.07, 6.45) is 1.05. The molecule has 0 unspecified atom stereocenters. The second-order valence-corrected chi connectivity index (χ2v) is 7.15. The fraction of sp³-hybridized carbons (Fsp3) is 0.182. The van der Waals surface area contributed by atoms with Gasteiger partial charge >= 0.3 is 0 Å². The number of benzene rings is 3. The highest BCUT2D eigenvalue weighted by Crippen LogP contribution is 2.52. The Kier molecular flexibility index (Phi) is 2.40. The van der Waals surface area contributed by atoms with Crippen molar-refractivity contribution in [3.8, 4) is 11.1 Å². The lowest BCUT2D eigenvalue weighted by molar-refractivity contribution is 0.639. The summed E-state index contributed by atoms with van der Waals surface area (Å²) in [6, 6.07) is 22.1.